The van der Waals surface area contributed by atoms with Crippen LogP contribution < -0.4 is 0 Å². The lowest BCUT2D eigenvalue weighted by Crippen LogP contribution is -2.39. The minimum Gasteiger partial charge on any atom is -0.481 e. The molecule has 0 amide bonds. The van der Waals surface area contributed by atoms with Gasteiger partial charge in [0.1, 0.15) is 0 Å². The standard InChI is InChI=1S/C15H27NO2/c1-2-12-5-3-6-13(9-8-12)16-10-4-7-14(16)11-15(17)18/h12-14H,2-11H2,1H3,(H,17,18). The number of likely N-dealkylation sites (tertiary alicyclic amines) is 1. The Hall–Kier alpha value is -0.570. The van der Waals surface area contributed by atoms with Crippen LogP contribution in [0.4, 0.5) is 0 Å². The fourth-order valence-corrected chi connectivity index (χ4v) is 3.86. The molecule has 1 N–H and O–H groups in total. The summed E-state index contributed by atoms with van der Waals surface area (Å²) in [6.07, 6.45) is 10.5. The molecule has 18 heavy (non-hydrogen) atoms. The molecule has 0 aromatic heterocycles. The van der Waals surface area contributed by atoms with Crippen LogP contribution in [-0.4, -0.2) is 34.6 Å². The molecule has 104 valence electrons. The van der Waals surface area contributed by atoms with Crippen LogP contribution >= 0.6 is 0 Å². The van der Waals surface area contributed by atoms with Crippen molar-refractivity contribution in [2.75, 3.05) is 6.54 Å². The Morgan fingerprint density at radius 2 is 2.00 bits per heavy atom. The van der Waals surface area contributed by atoms with Crippen LogP contribution in [0.25, 0.3) is 0 Å². The average Bonchev–Trinajstić information content (AvgIpc) is 2.64. The Labute approximate surface area is 111 Å². The Bertz CT molecular complexity index is 280. The van der Waals surface area contributed by atoms with Gasteiger partial charge >= 0.3 is 5.97 Å². The molecule has 1 saturated carbocycles. The summed E-state index contributed by atoms with van der Waals surface area (Å²) in [5.41, 5.74) is 0. The molecule has 0 aromatic carbocycles. The van der Waals surface area contributed by atoms with E-state index in [0.717, 1.165) is 18.9 Å². The predicted molar refractivity (Wildman–Crippen MR) is 72.6 cm³/mol. The maximum absolute atomic E-state index is 10.9. The number of carbonyl (C=O) groups is 1. The van der Waals surface area contributed by atoms with Gasteiger partial charge in [0.25, 0.3) is 0 Å². The SMILES string of the molecule is CCC1CCCC(N2CCCC2CC(=O)O)CC1. The molecule has 1 saturated heterocycles. The van der Waals surface area contributed by atoms with Crippen molar-refractivity contribution in [1.29, 1.82) is 0 Å². The van der Waals surface area contributed by atoms with Gasteiger partial charge in [-0.05, 0) is 44.6 Å². The van der Waals surface area contributed by atoms with Gasteiger partial charge in [0.15, 0.2) is 0 Å². The van der Waals surface area contributed by atoms with E-state index in [4.69, 9.17) is 5.11 Å². The van der Waals surface area contributed by atoms with Crippen LogP contribution in [0.3, 0.4) is 0 Å². The lowest BCUT2D eigenvalue weighted by molar-refractivity contribution is -0.138. The summed E-state index contributed by atoms with van der Waals surface area (Å²) in [5, 5.41) is 9.00. The monoisotopic (exact) mass is 253 g/mol. The lowest BCUT2D eigenvalue weighted by Gasteiger charge is -2.32. The van der Waals surface area contributed by atoms with Crippen LogP contribution in [0.15, 0.2) is 0 Å². The number of hydrogen-bond acceptors (Lipinski definition) is 2. The van der Waals surface area contributed by atoms with E-state index < -0.39 is 5.97 Å². The normalized spacial score (nSPS) is 34.4. The topological polar surface area (TPSA) is 40.5 Å². The van der Waals surface area contributed by atoms with Crippen LogP contribution in [0.1, 0.15) is 64.7 Å². The molecule has 1 aliphatic carbocycles. The van der Waals surface area contributed by atoms with Crippen LogP contribution in [0.5, 0.6) is 0 Å². The largest absolute Gasteiger partial charge is 0.481 e. The molecule has 3 nitrogen and oxygen atoms in total. The van der Waals surface area contributed by atoms with Crippen molar-refractivity contribution in [2.45, 2.75) is 76.8 Å². The summed E-state index contributed by atoms with van der Waals surface area (Å²) >= 11 is 0. The Morgan fingerprint density at radius 3 is 2.72 bits per heavy atom. The molecule has 2 rings (SSSR count). The molecular formula is C15H27NO2. The smallest absolute Gasteiger partial charge is 0.304 e. The van der Waals surface area contributed by atoms with Gasteiger partial charge in [-0.1, -0.05) is 26.2 Å². The summed E-state index contributed by atoms with van der Waals surface area (Å²) < 4.78 is 0. The third-order valence-corrected chi connectivity index (χ3v) is 4.94. The van der Waals surface area contributed by atoms with E-state index >= 15 is 0 Å². The first kappa shape index (κ1) is 13.9. The first-order valence-electron chi connectivity index (χ1n) is 7.68. The van der Waals surface area contributed by atoms with E-state index in [0.29, 0.717) is 18.5 Å². The lowest BCUT2D eigenvalue weighted by atomic mass is 9.97. The maximum Gasteiger partial charge on any atom is 0.304 e. The van der Waals surface area contributed by atoms with Crippen LogP contribution in [-0.2, 0) is 4.79 Å². The zero-order valence-electron chi connectivity index (χ0n) is 11.6. The van der Waals surface area contributed by atoms with Gasteiger partial charge in [-0.15, -0.1) is 0 Å². The van der Waals surface area contributed by atoms with E-state index in [-0.39, 0.29) is 0 Å². The summed E-state index contributed by atoms with van der Waals surface area (Å²) in [6.45, 7) is 3.42. The highest BCUT2D eigenvalue weighted by molar-refractivity contribution is 5.67. The van der Waals surface area contributed by atoms with Crippen molar-refractivity contribution in [3.8, 4) is 0 Å². The minimum atomic E-state index is -0.632. The first-order valence-corrected chi connectivity index (χ1v) is 7.68. The molecule has 3 atom stereocenters. The van der Waals surface area contributed by atoms with E-state index in [1.54, 1.807) is 0 Å². The molecule has 1 heterocycles. The highest BCUT2D eigenvalue weighted by Gasteiger charge is 2.32. The highest BCUT2D eigenvalue weighted by Crippen LogP contribution is 2.32. The average molecular weight is 253 g/mol. The second-order valence-electron chi connectivity index (χ2n) is 6.07. The molecule has 2 fully saturated rings. The van der Waals surface area contributed by atoms with Crippen LogP contribution in [0, 0.1) is 5.92 Å². The van der Waals surface area contributed by atoms with Crippen molar-refractivity contribution in [3.05, 3.63) is 0 Å². The highest BCUT2D eigenvalue weighted by atomic mass is 16.4. The second kappa shape index (κ2) is 6.55. The molecule has 0 aromatic rings. The van der Waals surface area contributed by atoms with Gasteiger partial charge in [-0.2, -0.15) is 0 Å². The van der Waals surface area contributed by atoms with Crippen molar-refractivity contribution in [1.82, 2.24) is 4.90 Å². The molecule has 3 unspecified atom stereocenters. The summed E-state index contributed by atoms with van der Waals surface area (Å²) in [6, 6.07) is 0.971. The second-order valence-corrected chi connectivity index (χ2v) is 6.07. The molecular weight excluding hydrogens is 226 g/mol. The van der Waals surface area contributed by atoms with Gasteiger partial charge in [0.2, 0.25) is 0 Å². The number of carboxylic acid groups (broad SMARTS) is 1. The van der Waals surface area contributed by atoms with Gasteiger partial charge in [-0.3, -0.25) is 9.69 Å². The van der Waals surface area contributed by atoms with Crippen molar-refractivity contribution < 1.29 is 9.90 Å². The summed E-state index contributed by atoms with van der Waals surface area (Å²) in [7, 11) is 0. The maximum atomic E-state index is 10.9. The van der Waals surface area contributed by atoms with Gasteiger partial charge in [-0.25, -0.2) is 0 Å². The van der Waals surface area contributed by atoms with Crippen molar-refractivity contribution >= 4 is 5.97 Å². The fraction of sp³-hybridized carbons (Fsp3) is 0.933. The first-order chi connectivity index (χ1) is 8.70. The molecule has 2 aliphatic rings. The zero-order valence-corrected chi connectivity index (χ0v) is 11.6. The molecule has 3 heteroatoms. The Morgan fingerprint density at radius 1 is 1.17 bits per heavy atom. The number of nitrogens with zero attached hydrogens (tertiary/aromatic N) is 1. The Balaban J connectivity index is 1.91. The zero-order chi connectivity index (χ0) is 13.0. The summed E-state index contributed by atoms with van der Waals surface area (Å²) in [5.74, 6) is 0.280. The quantitative estimate of drug-likeness (QED) is 0.782. The molecule has 0 spiro atoms. The third kappa shape index (κ3) is 3.47. The molecule has 1 aliphatic heterocycles. The molecule has 0 radical (unpaired) electrons. The van der Waals surface area contributed by atoms with Gasteiger partial charge in [0.05, 0.1) is 6.42 Å². The number of carboxylic acids is 1. The summed E-state index contributed by atoms with van der Waals surface area (Å²) in [4.78, 5) is 13.4. The fourth-order valence-electron chi connectivity index (χ4n) is 3.86. The van der Waals surface area contributed by atoms with E-state index in [1.165, 1.54) is 44.9 Å². The van der Waals surface area contributed by atoms with Gasteiger partial charge in [0, 0.05) is 12.1 Å². The van der Waals surface area contributed by atoms with Crippen molar-refractivity contribution in [2.24, 2.45) is 5.92 Å². The molecule has 0 bridgehead atoms. The predicted octanol–water partition coefficient (Wildman–Crippen LogP) is 3.28. The van der Waals surface area contributed by atoms with Gasteiger partial charge < -0.3 is 5.11 Å². The number of aliphatic carboxylic acids is 1. The number of rotatable bonds is 4. The third-order valence-electron chi connectivity index (χ3n) is 4.94. The van der Waals surface area contributed by atoms with Crippen LogP contribution in [0.2, 0.25) is 0 Å². The van der Waals surface area contributed by atoms with E-state index in [1.807, 2.05) is 0 Å². The van der Waals surface area contributed by atoms with E-state index in [9.17, 15) is 4.79 Å². The van der Waals surface area contributed by atoms with E-state index in [2.05, 4.69) is 11.8 Å². The number of hydrogen-bond donors (Lipinski definition) is 1. The Kier molecular flexibility index (Phi) is 5.04. The minimum absolute atomic E-state index is 0.311. The van der Waals surface area contributed by atoms with Crippen molar-refractivity contribution in [3.63, 3.8) is 0 Å².